The first-order valence-corrected chi connectivity index (χ1v) is 12.3. The van der Waals surface area contributed by atoms with Gasteiger partial charge in [0.25, 0.3) is 5.56 Å². The summed E-state index contributed by atoms with van der Waals surface area (Å²) < 4.78 is 1.89. The summed E-state index contributed by atoms with van der Waals surface area (Å²) >= 11 is 0. The van der Waals surface area contributed by atoms with Crippen LogP contribution in [0.3, 0.4) is 0 Å². The van der Waals surface area contributed by atoms with E-state index >= 15 is 0 Å². The van der Waals surface area contributed by atoms with Crippen LogP contribution in [0.1, 0.15) is 33.1 Å². The number of aryl methyl sites for hydroxylation is 1. The number of urea groups is 1. The Hall–Kier alpha value is -3.68. The molecule has 3 N–H and O–H groups in total. The van der Waals surface area contributed by atoms with E-state index in [4.69, 9.17) is 0 Å². The van der Waals surface area contributed by atoms with Crippen molar-refractivity contribution in [3.8, 4) is 11.3 Å². The van der Waals surface area contributed by atoms with Gasteiger partial charge in [-0.1, -0.05) is 13.8 Å². The molecule has 2 bridgehead atoms. The third-order valence-electron chi connectivity index (χ3n) is 8.46. The van der Waals surface area contributed by atoms with Gasteiger partial charge in [0.2, 0.25) is 0 Å². The molecule has 0 saturated heterocycles. The van der Waals surface area contributed by atoms with Gasteiger partial charge in [0.05, 0.1) is 11.0 Å². The number of amides is 2. The molecule has 0 spiro atoms. The Morgan fingerprint density at radius 3 is 2.91 bits per heavy atom. The van der Waals surface area contributed by atoms with Crippen molar-refractivity contribution in [3.63, 3.8) is 0 Å². The van der Waals surface area contributed by atoms with Crippen LogP contribution in [0.25, 0.3) is 33.3 Å². The second-order valence-corrected chi connectivity index (χ2v) is 10.7. The lowest BCUT2D eigenvalue weighted by atomic mass is 9.45. The van der Waals surface area contributed by atoms with Gasteiger partial charge in [-0.05, 0) is 72.8 Å². The van der Waals surface area contributed by atoms with E-state index in [2.05, 4.69) is 39.4 Å². The van der Waals surface area contributed by atoms with Crippen LogP contribution < -0.4 is 16.2 Å². The van der Waals surface area contributed by atoms with Gasteiger partial charge in [0.15, 0.2) is 0 Å². The van der Waals surface area contributed by atoms with Gasteiger partial charge in [-0.15, -0.1) is 0 Å². The van der Waals surface area contributed by atoms with Crippen molar-refractivity contribution >= 4 is 33.8 Å². The van der Waals surface area contributed by atoms with Crippen molar-refractivity contribution in [2.75, 3.05) is 11.9 Å². The van der Waals surface area contributed by atoms with Gasteiger partial charge in [-0.25, -0.2) is 14.8 Å². The van der Waals surface area contributed by atoms with Crippen LogP contribution in [0, 0.1) is 23.2 Å². The molecular weight excluding hydrogens is 440 g/mol. The monoisotopic (exact) mass is 470 g/mol. The highest BCUT2D eigenvalue weighted by Crippen LogP contribution is 2.61. The van der Waals surface area contributed by atoms with E-state index in [1.54, 1.807) is 12.3 Å². The summed E-state index contributed by atoms with van der Waals surface area (Å²) in [7, 11) is 1.90. The zero-order valence-electron chi connectivity index (χ0n) is 20.3. The van der Waals surface area contributed by atoms with Crippen molar-refractivity contribution in [2.45, 2.75) is 33.1 Å². The molecule has 0 unspecified atom stereocenters. The van der Waals surface area contributed by atoms with Gasteiger partial charge in [-0.2, -0.15) is 0 Å². The van der Waals surface area contributed by atoms with E-state index in [1.807, 2.05) is 42.1 Å². The number of nitrogens with zero attached hydrogens (tertiary/aromatic N) is 3. The quantitative estimate of drug-likeness (QED) is 0.403. The third kappa shape index (κ3) is 3.59. The average molecular weight is 471 g/mol. The second kappa shape index (κ2) is 7.93. The number of aromatic amines is 1. The molecule has 7 rings (SSSR count). The number of rotatable bonds is 4. The number of carbonyl (C=O) groups is 1. The zero-order chi connectivity index (χ0) is 24.3. The molecule has 0 aliphatic heterocycles. The molecule has 4 aromatic rings. The maximum Gasteiger partial charge on any atom is 0.319 e. The molecule has 0 radical (unpaired) electrons. The van der Waals surface area contributed by atoms with Gasteiger partial charge >= 0.3 is 6.03 Å². The van der Waals surface area contributed by atoms with Gasteiger partial charge in [0.1, 0.15) is 11.3 Å². The number of hydrogen-bond donors (Lipinski definition) is 3. The Kier molecular flexibility index (Phi) is 4.95. The van der Waals surface area contributed by atoms with E-state index in [9.17, 15) is 9.59 Å². The molecule has 180 valence electrons. The van der Waals surface area contributed by atoms with Crippen LogP contribution in [-0.2, 0) is 7.05 Å². The lowest BCUT2D eigenvalue weighted by molar-refractivity contribution is -0.103. The van der Waals surface area contributed by atoms with Crippen molar-refractivity contribution in [1.82, 2.24) is 24.8 Å². The third-order valence-corrected chi connectivity index (χ3v) is 8.46. The summed E-state index contributed by atoms with van der Waals surface area (Å²) in [5, 5.41) is 6.84. The van der Waals surface area contributed by atoms with Crippen molar-refractivity contribution < 1.29 is 4.79 Å². The first-order valence-electron chi connectivity index (χ1n) is 12.3. The van der Waals surface area contributed by atoms with Crippen LogP contribution in [0.5, 0.6) is 0 Å². The summed E-state index contributed by atoms with van der Waals surface area (Å²) in [6.07, 6.45) is 7.35. The standard InChI is InChI=1S/C27H30N6O2/c1-27(2)16-7-6-15(20(27)11-16)13-29-26(35)30-17-8-9-21-22(12-17)32-25(34)23(31-21)19-14-33(3)24-18(19)5-4-10-28-24/h4-5,8-10,12,14-16,20H,6-7,11,13H2,1-3H3,(H,32,34)(H2,29,30,35)/t15-,16-,20-/m0/s1. The second-order valence-electron chi connectivity index (χ2n) is 10.7. The normalized spacial score (nSPS) is 22.7. The molecule has 35 heavy (non-hydrogen) atoms. The largest absolute Gasteiger partial charge is 0.338 e. The van der Waals surface area contributed by atoms with E-state index in [0.29, 0.717) is 46.2 Å². The molecule has 3 aliphatic rings. The van der Waals surface area contributed by atoms with Crippen molar-refractivity contribution in [1.29, 1.82) is 0 Å². The van der Waals surface area contributed by atoms with Crippen LogP contribution in [0.4, 0.5) is 10.5 Å². The maximum absolute atomic E-state index is 12.9. The van der Waals surface area contributed by atoms with Gasteiger partial charge in [0, 0.05) is 42.6 Å². The summed E-state index contributed by atoms with van der Waals surface area (Å²) in [4.78, 5) is 37.5. The average Bonchev–Trinajstić information content (AvgIpc) is 3.18. The number of nitrogens with one attached hydrogen (secondary N) is 3. The Morgan fingerprint density at radius 1 is 1.26 bits per heavy atom. The SMILES string of the molecule is Cn1cc(-c2nc3ccc(NC(=O)NC[C@@H]4CC[C@H]5C[C@@H]4C5(C)C)cc3[nH]c2=O)c2cccnc21. The number of anilines is 1. The topological polar surface area (TPSA) is 105 Å². The fraction of sp³-hybridized carbons (Fsp3) is 0.407. The smallest absolute Gasteiger partial charge is 0.319 e. The fourth-order valence-corrected chi connectivity index (χ4v) is 6.35. The first-order chi connectivity index (χ1) is 16.8. The highest BCUT2D eigenvalue weighted by molar-refractivity contribution is 5.95. The molecule has 2 amide bonds. The number of hydrogen-bond acceptors (Lipinski definition) is 4. The zero-order valence-corrected chi connectivity index (χ0v) is 20.3. The van der Waals surface area contributed by atoms with Crippen LogP contribution in [-0.4, -0.2) is 32.1 Å². The Bertz CT molecular complexity index is 1520. The maximum atomic E-state index is 12.9. The minimum absolute atomic E-state index is 0.223. The molecule has 3 atom stereocenters. The number of pyridine rings is 1. The first kappa shape index (κ1) is 21.8. The van der Waals surface area contributed by atoms with E-state index in [0.717, 1.165) is 22.5 Å². The van der Waals surface area contributed by atoms with Crippen LogP contribution >= 0.6 is 0 Å². The van der Waals surface area contributed by atoms with E-state index in [1.165, 1.54) is 19.3 Å². The predicted molar refractivity (Wildman–Crippen MR) is 137 cm³/mol. The Morgan fingerprint density at radius 2 is 2.11 bits per heavy atom. The van der Waals surface area contributed by atoms with Crippen LogP contribution in [0.15, 0.2) is 47.5 Å². The molecular formula is C27H30N6O2. The van der Waals surface area contributed by atoms with Gasteiger partial charge in [-0.3, -0.25) is 4.79 Å². The van der Waals surface area contributed by atoms with Crippen LogP contribution in [0.2, 0.25) is 0 Å². The minimum atomic E-state index is -0.283. The lowest BCUT2D eigenvalue weighted by Gasteiger charge is -2.60. The number of benzene rings is 1. The number of fused-ring (bicyclic) bond motifs is 4. The van der Waals surface area contributed by atoms with E-state index < -0.39 is 0 Å². The number of aromatic nitrogens is 4. The predicted octanol–water partition coefficient (Wildman–Crippen LogP) is 4.67. The molecule has 8 heteroatoms. The molecule has 3 aliphatic carbocycles. The number of carbonyl (C=O) groups excluding carboxylic acids is 1. The summed E-state index contributed by atoms with van der Waals surface area (Å²) in [5.41, 5.74) is 3.84. The number of H-pyrrole nitrogens is 1. The van der Waals surface area contributed by atoms with E-state index in [-0.39, 0.29) is 11.6 Å². The lowest BCUT2D eigenvalue weighted by Crippen LogP contribution is -2.54. The fourth-order valence-electron chi connectivity index (χ4n) is 6.35. The minimum Gasteiger partial charge on any atom is -0.338 e. The van der Waals surface area contributed by atoms with Crippen molar-refractivity contribution in [3.05, 3.63) is 53.1 Å². The van der Waals surface area contributed by atoms with Gasteiger partial charge < -0.3 is 20.2 Å². The molecule has 3 aromatic heterocycles. The molecule has 3 saturated carbocycles. The summed E-state index contributed by atoms with van der Waals surface area (Å²) in [6, 6.07) is 8.93. The Labute approximate surface area is 203 Å². The highest BCUT2D eigenvalue weighted by Gasteiger charge is 2.53. The molecule has 3 heterocycles. The highest BCUT2D eigenvalue weighted by atomic mass is 16.2. The van der Waals surface area contributed by atoms with Crippen molar-refractivity contribution in [2.24, 2.45) is 30.2 Å². The molecule has 3 fully saturated rings. The summed E-state index contributed by atoms with van der Waals surface area (Å²) in [5.74, 6) is 2.09. The molecule has 1 aromatic carbocycles. The summed E-state index contributed by atoms with van der Waals surface area (Å²) in [6.45, 7) is 5.43. The molecule has 8 nitrogen and oxygen atoms in total. The Balaban J connectivity index is 1.19.